The van der Waals surface area contributed by atoms with Crippen molar-refractivity contribution in [1.29, 1.82) is 0 Å². The number of nitrogens with zero attached hydrogens (tertiary/aromatic N) is 1. The highest BCUT2D eigenvalue weighted by Gasteiger charge is 2.52. The van der Waals surface area contributed by atoms with Crippen LogP contribution in [0.4, 0.5) is 13.2 Å². The summed E-state index contributed by atoms with van der Waals surface area (Å²) in [5.74, 6) is -0.266. The van der Waals surface area contributed by atoms with Crippen LogP contribution in [-0.2, 0) is 20.3 Å². The molecular formula is C17H22BF3N2O3. The summed E-state index contributed by atoms with van der Waals surface area (Å²) in [7, 11) is -0.783. The molecule has 1 aliphatic rings. The fourth-order valence-electron chi connectivity index (χ4n) is 2.33. The second-order valence-corrected chi connectivity index (χ2v) is 7.19. The first kappa shape index (κ1) is 20.4. The molecule has 0 saturated carbocycles. The summed E-state index contributed by atoms with van der Waals surface area (Å²) < 4.78 is 50.5. The van der Waals surface area contributed by atoms with E-state index in [1.165, 1.54) is 19.1 Å². The first-order valence-electron chi connectivity index (χ1n) is 8.16. The quantitative estimate of drug-likeness (QED) is 0.827. The molecule has 0 unspecified atom stereocenters. The summed E-state index contributed by atoms with van der Waals surface area (Å²) in [4.78, 5) is 14.6. The number of halogens is 3. The third kappa shape index (κ3) is 4.65. The van der Waals surface area contributed by atoms with E-state index < -0.39 is 30.2 Å². The lowest BCUT2D eigenvalue weighted by atomic mass is 9.77. The maximum absolute atomic E-state index is 12.9. The number of amides is 1. The lowest BCUT2D eigenvalue weighted by Gasteiger charge is -2.32. The minimum absolute atomic E-state index is 0.0931. The fraction of sp³-hybridized carbons (Fsp3) is 0.529. The van der Waals surface area contributed by atoms with Crippen molar-refractivity contribution in [3.05, 3.63) is 35.1 Å². The van der Waals surface area contributed by atoms with Crippen LogP contribution in [0, 0.1) is 0 Å². The van der Waals surface area contributed by atoms with Crippen molar-refractivity contribution in [1.82, 2.24) is 10.3 Å². The number of aromatic nitrogens is 1. The minimum atomic E-state index is -4.54. The van der Waals surface area contributed by atoms with Gasteiger partial charge < -0.3 is 14.6 Å². The van der Waals surface area contributed by atoms with Gasteiger partial charge in [-0.15, -0.1) is 0 Å². The average molecular weight is 370 g/mol. The van der Waals surface area contributed by atoms with Crippen LogP contribution in [0.2, 0.25) is 0 Å². The van der Waals surface area contributed by atoms with Crippen LogP contribution in [-0.4, -0.2) is 35.8 Å². The van der Waals surface area contributed by atoms with E-state index in [-0.39, 0.29) is 12.5 Å². The van der Waals surface area contributed by atoms with Gasteiger partial charge in [-0.25, -0.2) is 0 Å². The van der Waals surface area contributed by atoms with Crippen LogP contribution in [0.15, 0.2) is 23.8 Å². The Labute approximate surface area is 151 Å². The Morgan fingerprint density at radius 2 is 1.85 bits per heavy atom. The molecular weight excluding hydrogens is 348 g/mol. The Bertz CT molecular complexity index is 701. The number of carbonyl (C=O) groups excluding carboxylic acids is 1. The molecule has 1 N–H and O–H groups in total. The van der Waals surface area contributed by atoms with E-state index in [9.17, 15) is 18.0 Å². The van der Waals surface area contributed by atoms with Gasteiger partial charge >= 0.3 is 13.3 Å². The molecule has 1 amide bonds. The summed E-state index contributed by atoms with van der Waals surface area (Å²) in [6.07, 6.45) is -1.92. The van der Waals surface area contributed by atoms with Crippen molar-refractivity contribution in [2.75, 3.05) is 6.54 Å². The number of carbonyl (C=O) groups is 1. The van der Waals surface area contributed by atoms with Crippen molar-refractivity contribution in [2.45, 2.75) is 52.0 Å². The lowest BCUT2D eigenvalue weighted by Crippen LogP contribution is -2.41. The molecule has 1 aliphatic heterocycles. The van der Waals surface area contributed by atoms with Crippen molar-refractivity contribution in [3.63, 3.8) is 0 Å². The van der Waals surface area contributed by atoms with Gasteiger partial charge in [-0.1, -0.05) is 6.08 Å². The molecule has 0 aromatic carbocycles. The molecule has 5 nitrogen and oxygen atoms in total. The first-order valence-corrected chi connectivity index (χ1v) is 8.16. The van der Waals surface area contributed by atoms with Gasteiger partial charge in [0.2, 0.25) is 5.91 Å². The maximum Gasteiger partial charge on any atom is 0.492 e. The van der Waals surface area contributed by atoms with Gasteiger partial charge in [-0.2, -0.15) is 13.2 Å². The van der Waals surface area contributed by atoms with Crippen LogP contribution >= 0.6 is 0 Å². The maximum atomic E-state index is 12.9. The van der Waals surface area contributed by atoms with Gasteiger partial charge in [0.05, 0.1) is 11.2 Å². The van der Waals surface area contributed by atoms with E-state index >= 15 is 0 Å². The van der Waals surface area contributed by atoms with E-state index in [4.69, 9.17) is 9.31 Å². The van der Waals surface area contributed by atoms with Crippen LogP contribution in [0.25, 0.3) is 6.08 Å². The van der Waals surface area contributed by atoms with Crippen molar-refractivity contribution in [2.24, 2.45) is 0 Å². The van der Waals surface area contributed by atoms with E-state index in [1.807, 2.05) is 27.7 Å². The largest absolute Gasteiger partial charge is 0.492 e. The number of hydrogen-bond donors (Lipinski definition) is 1. The fourth-order valence-corrected chi connectivity index (χ4v) is 2.33. The molecule has 26 heavy (non-hydrogen) atoms. The van der Waals surface area contributed by atoms with Gasteiger partial charge in [-0.3, -0.25) is 9.78 Å². The first-order chi connectivity index (χ1) is 11.8. The number of nitrogens with one attached hydrogen (secondary N) is 1. The number of rotatable bonds is 4. The molecule has 9 heteroatoms. The van der Waals surface area contributed by atoms with Gasteiger partial charge in [0.25, 0.3) is 0 Å². The Morgan fingerprint density at radius 1 is 1.27 bits per heavy atom. The Balaban J connectivity index is 2.37. The van der Waals surface area contributed by atoms with Gasteiger partial charge in [0.15, 0.2) is 0 Å². The average Bonchev–Trinajstić information content (AvgIpc) is 2.71. The summed E-state index contributed by atoms with van der Waals surface area (Å²) >= 11 is 0. The predicted octanol–water partition coefficient (Wildman–Crippen LogP) is 3.25. The molecule has 1 aromatic heterocycles. The highest BCUT2D eigenvalue weighted by molar-refractivity contribution is 6.56. The summed E-state index contributed by atoms with van der Waals surface area (Å²) in [5.41, 5.74) is -1.40. The van der Waals surface area contributed by atoms with Crippen molar-refractivity contribution in [3.8, 4) is 0 Å². The second kappa shape index (κ2) is 7.04. The van der Waals surface area contributed by atoms with Gasteiger partial charge in [0, 0.05) is 19.7 Å². The zero-order valence-electron chi connectivity index (χ0n) is 15.4. The second-order valence-electron chi connectivity index (χ2n) is 7.19. The summed E-state index contributed by atoms with van der Waals surface area (Å²) in [6, 6.07) is 2.40. The molecule has 2 rings (SSSR count). The molecule has 0 atom stereocenters. The summed E-state index contributed by atoms with van der Waals surface area (Å²) in [5, 5.41) is 2.64. The standard InChI is InChI=1S/C17H22BF3N2O3/c1-11(24)23-10-13(18-25-15(2,3)16(4,5)26-18)8-12-6-7-22-14(9-12)17(19,20)21/h6-9H,10H2,1-5H3,(H,23,24). The van der Waals surface area contributed by atoms with Crippen molar-refractivity contribution >= 4 is 19.1 Å². The van der Waals surface area contributed by atoms with Crippen LogP contribution in [0.3, 0.4) is 0 Å². The van der Waals surface area contributed by atoms with Gasteiger partial charge in [0.1, 0.15) is 5.69 Å². The topological polar surface area (TPSA) is 60.5 Å². The smallest absolute Gasteiger partial charge is 0.400 e. The minimum Gasteiger partial charge on any atom is -0.400 e. The van der Waals surface area contributed by atoms with Crippen LogP contribution in [0.1, 0.15) is 45.9 Å². The zero-order valence-corrected chi connectivity index (χ0v) is 15.4. The van der Waals surface area contributed by atoms with Crippen LogP contribution < -0.4 is 5.32 Å². The molecule has 0 radical (unpaired) electrons. The third-order valence-electron chi connectivity index (χ3n) is 4.52. The SMILES string of the molecule is CC(=O)NCC(=Cc1ccnc(C(F)(F)F)c1)B1OC(C)(C)C(C)(C)O1. The Hall–Kier alpha value is -1.87. The normalized spacial score (nSPS) is 19.5. The van der Waals surface area contributed by atoms with E-state index in [2.05, 4.69) is 10.3 Å². The molecule has 0 aliphatic carbocycles. The monoisotopic (exact) mass is 370 g/mol. The van der Waals surface area contributed by atoms with Crippen molar-refractivity contribution < 1.29 is 27.3 Å². The lowest BCUT2D eigenvalue weighted by molar-refractivity contribution is -0.141. The predicted molar refractivity (Wildman–Crippen MR) is 92.0 cm³/mol. The Morgan fingerprint density at radius 3 is 2.35 bits per heavy atom. The molecule has 0 bridgehead atoms. The molecule has 1 saturated heterocycles. The molecule has 142 valence electrons. The highest BCUT2D eigenvalue weighted by Crippen LogP contribution is 2.39. The number of pyridine rings is 1. The zero-order chi connectivity index (χ0) is 19.8. The Kier molecular flexibility index (Phi) is 5.53. The third-order valence-corrected chi connectivity index (χ3v) is 4.52. The molecule has 0 spiro atoms. The number of alkyl halides is 3. The molecule has 2 heterocycles. The van der Waals surface area contributed by atoms with E-state index in [0.29, 0.717) is 11.0 Å². The number of hydrogen-bond acceptors (Lipinski definition) is 4. The molecule has 1 aromatic rings. The molecule has 1 fully saturated rings. The van der Waals surface area contributed by atoms with E-state index in [1.54, 1.807) is 0 Å². The van der Waals surface area contributed by atoms with Gasteiger partial charge in [-0.05, 0) is 50.9 Å². The van der Waals surface area contributed by atoms with E-state index in [0.717, 1.165) is 12.3 Å². The van der Waals surface area contributed by atoms with Crippen LogP contribution in [0.5, 0.6) is 0 Å². The highest BCUT2D eigenvalue weighted by atomic mass is 19.4. The summed E-state index contributed by atoms with van der Waals surface area (Å²) in [6.45, 7) is 8.94.